The number of rotatable bonds is 14. The van der Waals surface area contributed by atoms with Crippen LogP contribution in [0.4, 0.5) is 0 Å². The number of hydrogen-bond acceptors (Lipinski definition) is 6. The number of benzene rings is 1. The molecule has 1 aromatic rings. The van der Waals surface area contributed by atoms with E-state index < -0.39 is 14.2 Å². The molecule has 166 valence electrons. The molecule has 0 saturated carbocycles. The highest BCUT2D eigenvalue weighted by atomic mass is 16.6. The molecule has 8 heteroatoms. The first-order valence-corrected chi connectivity index (χ1v) is 11.7. The highest BCUT2D eigenvalue weighted by Crippen LogP contribution is 2.21. The molecule has 2 fully saturated rings. The van der Waals surface area contributed by atoms with Crippen LogP contribution in [-0.4, -0.2) is 53.9 Å². The maximum Gasteiger partial charge on any atom is 0.497 e. The van der Waals surface area contributed by atoms with E-state index in [9.17, 15) is 0 Å². The SMILES string of the molecule is CCCCCCOc1cc(B2OCCO2)c(OCCCCCC)cc1B1OCCO1. The van der Waals surface area contributed by atoms with Crippen molar-refractivity contribution in [3.63, 3.8) is 0 Å². The first kappa shape index (κ1) is 23.5. The van der Waals surface area contributed by atoms with Gasteiger partial charge in [-0.05, 0) is 25.0 Å². The predicted octanol–water partition coefficient (Wildman–Crippen LogP) is 3.09. The Hall–Kier alpha value is -1.21. The van der Waals surface area contributed by atoms with E-state index >= 15 is 0 Å². The van der Waals surface area contributed by atoms with E-state index in [0.717, 1.165) is 35.3 Å². The molecule has 3 rings (SSSR count). The highest BCUT2D eigenvalue weighted by Gasteiger charge is 2.35. The molecule has 0 aliphatic carbocycles. The Morgan fingerprint density at radius 1 is 0.633 bits per heavy atom. The lowest BCUT2D eigenvalue weighted by atomic mass is 9.72. The lowest BCUT2D eigenvalue weighted by Crippen LogP contribution is -2.39. The van der Waals surface area contributed by atoms with Gasteiger partial charge < -0.3 is 28.1 Å². The van der Waals surface area contributed by atoms with Crippen LogP contribution in [-0.2, 0) is 18.6 Å². The van der Waals surface area contributed by atoms with Gasteiger partial charge in [0.05, 0.1) is 39.6 Å². The van der Waals surface area contributed by atoms with Gasteiger partial charge in [-0.2, -0.15) is 0 Å². The summed E-state index contributed by atoms with van der Waals surface area (Å²) in [7, 11) is -0.838. The third-order valence-corrected chi connectivity index (χ3v) is 5.40. The second kappa shape index (κ2) is 13.3. The third kappa shape index (κ3) is 6.91. The van der Waals surface area contributed by atoms with Crippen LogP contribution in [0.15, 0.2) is 12.1 Å². The fourth-order valence-corrected chi connectivity index (χ4v) is 3.71. The van der Waals surface area contributed by atoms with Crippen molar-refractivity contribution in [1.82, 2.24) is 0 Å². The van der Waals surface area contributed by atoms with Crippen LogP contribution in [0.5, 0.6) is 11.5 Å². The van der Waals surface area contributed by atoms with E-state index in [2.05, 4.69) is 13.8 Å². The molecule has 2 aliphatic heterocycles. The van der Waals surface area contributed by atoms with Crippen LogP contribution in [0.2, 0.25) is 0 Å². The first-order valence-electron chi connectivity index (χ1n) is 11.7. The molecule has 0 bridgehead atoms. The molecule has 6 nitrogen and oxygen atoms in total. The van der Waals surface area contributed by atoms with Gasteiger partial charge in [-0.25, -0.2) is 0 Å². The minimum atomic E-state index is -0.419. The Balaban J connectivity index is 1.77. The summed E-state index contributed by atoms with van der Waals surface area (Å²) in [4.78, 5) is 0. The zero-order chi connectivity index (χ0) is 21.0. The summed E-state index contributed by atoms with van der Waals surface area (Å²) < 4.78 is 35.5. The summed E-state index contributed by atoms with van der Waals surface area (Å²) in [5.41, 5.74) is 1.77. The van der Waals surface area contributed by atoms with Gasteiger partial charge in [-0.3, -0.25) is 0 Å². The lowest BCUT2D eigenvalue weighted by molar-refractivity contribution is 0.297. The van der Waals surface area contributed by atoms with Gasteiger partial charge >= 0.3 is 14.2 Å². The van der Waals surface area contributed by atoms with E-state index in [1.54, 1.807) is 0 Å². The van der Waals surface area contributed by atoms with Crippen molar-refractivity contribution >= 4 is 25.2 Å². The molecule has 0 radical (unpaired) electrons. The molecule has 0 atom stereocenters. The molecule has 0 N–H and O–H groups in total. The Morgan fingerprint density at radius 3 is 1.40 bits per heavy atom. The number of unbranched alkanes of at least 4 members (excludes halogenated alkanes) is 6. The van der Waals surface area contributed by atoms with Crippen LogP contribution in [0, 0.1) is 0 Å². The van der Waals surface area contributed by atoms with E-state index in [0.29, 0.717) is 39.6 Å². The standard InChI is InChI=1S/C22H36B2O6/c1-3-5-7-9-11-25-21-17-20(24-29-15-16-30-24)22(26-12-10-8-6-4-2)18-19(21)23-27-13-14-28-23/h17-18H,3-16H2,1-2H3. The average Bonchev–Trinajstić information content (AvgIpc) is 3.48. The van der Waals surface area contributed by atoms with Gasteiger partial charge in [-0.15, -0.1) is 0 Å². The predicted molar refractivity (Wildman–Crippen MR) is 120 cm³/mol. The maximum absolute atomic E-state index is 6.18. The van der Waals surface area contributed by atoms with Gasteiger partial charge in [0.1, 0.15) is 11.5 Å². The molecule has 2 aliphatic rings. The number of ether oxygens (including phenoxy) is 2. The van der Waals surface area contributed by atoms with Crippen molar-refractivity contribution in [2.75, 3.05) is 39.6 Å². The van der Waals surface area contributed by atoms with Gasteiger partial charge in [0.2, 0.25) is 0 Å². The van der Waals surface area contributed by atoms with Crippen molar-refractivity contribution in [1.29, 1.82) is 0 Å². The average molecular weight is 418 g/mol. The second-order valence-electron chi connectivity index (χ2n) is 7.89. The summed E-state index contributed by atoms with van der Waals surface area (Å²) in [6, 6.07) is 4.00. The Kier molecular flexibility index (Phi) is 10.4. The molecule has 2 saturated heterocycles. The molecule has 0 amide bonds. The van der Waals surface area contributed by atoms with Crippen molar-refractivity contribution in [3.8, 4) is 11.5 Å². The minimum Gasteiger partial charge on any atom is -0.494 e. The topological polar surface area (TPSA) is 55.4 Å². The first-order chi connectivity index (χ1) is 14.8. The zero-order valence-corrected chi connectivity index (χ0v) is 18.7. The smallest absolute Gasteiger partial charge is 0.494 e. The van der Waals surface area contributed by atoms with Crippen molar-refractivity contribution in [3.05, 3.63) is 12.1 Å². The molecule has 2 heterocycles. The molecular weight excluding hydrogens is 382 g/mol. The van der Waals surface area contributed by atoms with Crippen LogP contribution in [0.3, 0.4) is 0 Å². The summed E-state index contributed by atoms with van der Waals surface area (Å²) in [5, 5.41) is 0. The summed E-state index contributed by atoms with van der Waals surface area (Å²) >= 11 is 0. The van der Waals surface area contributed by atoms with Crippen LogP contribution in [0.1, 0.15) is 65.2 Å². The van der Waals surface area contributed by atoms with Gasteiger partial charge in [0.15, 0.2) is 0 Å². The van der Waals surface area contributed by atoms with Crippen molar-refractivity contribution < 1.29 is 28.1 Å². The molecular formula is C22H36B2O6. The third-order valence-electron chi connectivity index (χ3n) is 5.40. The van der Waals surface area contributed by atoms with Gasteiger partial charge in [0.25, 0.3) is 0 Å². The van der Waals surface area contributed by atoms with E-state index in [-0.39, 0.29) is 0 Å². The molecule has 0 unspecified atom stereocenters. The summed E-state index contributed by atoms with van der Waals surface area (Å²) in [5.74, 6) is 1.54. The summed E-state index contributed by atoms with van der Waals surface area (Å²) in [6.45, 7) is 8.11. The number of hydrogen-bond donors (Lipinski definition) is 0. The zero-order valence-electron chi connectivity index (χ0n) is 18.7. The quantitative estimate of drug-likeness (QED) is 0.342. The van der Waals surface area contributed by atoms with E-state index in [1.165, 1.54) is 38.5 Å². The molecule has 30 heavy (non-hydrogen) atoms. The minimum absolute atomic E-state index is 0.419. The second-order valence-corrected chi connectivity index (χ2v) is 7.89. The van der Waals surface area contributed by atoms with Gasteiger partial charge in [0, 0.05) is 10.9 Å². The lowest BCUT2D eigenvalue weighted by Gasteiger charge is -2.19. The Morgan fingerprint density at radius 2 is 1.03 bits per heavy atom. The molecule has 0 aromatic heterocycles. The van der Waals surface area contributed by atoms with Crippen LogP contribution >= 0.6 is 0 Å². The van der Waals surface area contributed by atoms with E-state index in [4.69, 9.17) is 28.1 Å². The van der Waals surface area contributed by atoms with Crippen LogP contribution < -0.4 is 20.4 Å². The van der Waals surface area contributed by atoms with E-state index in [1.807, 2.05) is 12.1 Å². The maximum atomic E-state index is 6.18. The van der Waals surface area contributed by atoms with Crippen LogP contribution in [0.25, 0.3) is 0 Å². The summed E-state index contributed by atoms with van der Waals surface area (Å²) in [6.07, 6.45) is 9.27. The van der Waals surface area contributed by atoms with Gasteiger partial charge in [-0.1, -0.05) is 52.4 Å². The largest absolute Gasteiger partial charge is 0.497 e. The van der Waals surface area contributed by atoms with Crippen molar-refractivity contribution in [2.24, 2.45) is 0 Å². The molecule has 0 spiro atoms. The Bertz CT molecular complexity index is 564. The molecule has 1 aromatic carbocycles. The van der Waals surface area contributed by atoms with Crippen molar-refractivity contribution in [2.45, 2.75) is 65.2 Å². The highest BCUT2D eigenvalue weighted by molar-refractivity contribution is 6.65. The fourth-order valence-electron chi connectivity index (χ4n) is 3.71. The Labute approximate surface area is 182 Å². The fraction of sp³-hybridized carbons (Fsp3) is 0.727. The normalized spacial score (nSPS) is 16.5. The monoisotopic (exact) mass is 418 g/mol.